The van der Waals surface area contributed by atoms with E-state index in [0.29, 0.717) is 22.5 Å². The largest absolute Gasteiger partial charge is 0.487 e. The minimum Gasteiger partial charge on any atom is -0.487 e. The lowest BCUT2D eigenvalue weighted by molar-refractivity contribution is -0.118. The Bertz CT molecular complexity index is 987. The number of carbonyl (C=O) groups excluding carboxylic acids is 2. The smallest absolute Gasteiger partial charge is 0.255 e. The quantitative estimate of drug-likeness (QED) is 0.521. The fraction of sp³-hybridized carbons (Fsp3) is 0.263. The van der Waals surface area contributed by atoms with E-state index in [9.17, 15) is 14.7 Å². The number of aliphatic hydroxyl groups excluding tert-OH is 1. The van der Waals surface area contributed by atoms with Crippen molar-refractivity contribution in [2.45, 2.75) is 26.0 Å². The molecule has 0 bridgehead atoms. The zero-order valence-electron chi connectivity index (χ0n) is 15.3. The molecule has 146 valence electrons. The third-order valence-corrected chi connectivity index (χ3v) is 4.12. The zero-order valence-corrected chi connectivity index (χ0v) is 15.3. The summed E-state index contributed by atoms with van der Waals surface area (Å²) >= 11 is 0. The van der Waals surface area contributed by atoms with Gasteiger partial charge in [0.05, 0.1) is 35.1 Å². The molecule has 0 radical (unpaired) electrons. The van der Waals surface area contributed by atoms with Gasteiger partial charge in [-0.15, -0.1) is 0 Å². The van der Waals surface area contributed by atoms with Crippen molar-refractivity contribution in [3.05, 3.63) is 59.7 Å². The number of ether oxygens (including phenoxy) is 1. The molecule has 0 aromatic carbocycles. The topological polar surface area (TPSA) is 132 Å². The average molecular weight is 383 g/mol. The molecule has 3 heterocycles. The molecule has 28 heavy (non-hydrogen) atoms. The predicted octanol–water partition coefficient (Wildman–Crippen LogP) is 0.583. The molecular weight excluding hydrogens is 362 g/mol. The summed E-state index contributed by atoms with van der Waals surface area (Å²) in [6.45, 7) is 1.60. The maximum Gasteiger partial charge on any atom is 0.255 e. The summed E-state index contributed by atoms with van der Waals surface area (Å²) in [6, 6.07) is 8.25. The van der Waals surface area contributed by atoms with Crippen LogP contribution in [0.4, 0.5) is 0 Å². The number of nitrogens with one attached hydrogen (secondary N) is 1. The Morgan fingerprint density at radius 2 is 2.18 bits per heavy atom. The molecule has 0 aliphatic rings. The number of nitrogens with zero attached hydrogens (tertiary/aromatic N) is 3. The van der Waals surface area contributed by atoms with E-state index < -0.39 is 24.5 Å². The Kier molecular flexibility index (Phi) is 5.85. The third-order valence-electron chi connectivity index (χ3n) is 4.12. The lowest BCUT2D eigenvalue weighted by Gasteiger charge is -2.14. The Hall–Kier alpha value is -3.46. The second-order valence-corrected chi connectivity index (χ2v) is 6.29. The highest BCUT2D eigenvalue weighted by atomic mass is 16.5. The van der Waals surface area contributed by atoms with Crippen LogP contribution < -0.4 is 15.8 Å². The highest BCUT2D eigenvalue weighted by Crippen LogP contribution is 2.21. The molecule has 0 saturated carbocycles. The molecule has 0 aliphatic carbocycles. The average Bonchev–Trinajstić information content (AvgIpc) is 3.01. The highest BCUT2D eigenvalue weighted by Gasteiger charge is 2.21. The number of primary amides is 1. The van der Waals surface area contributed by atoms with Crippen LogP contribution in [0.15, 0.2) is 42.7 Å². The van der Waals surface area contributed by atoms with Crippen molar-refractivity contribution in [3.8, 4) is 5.75 Å². The van der Waals surface area contributed by atoms with Gasteiger partial charge in [0.15, 0.2) is 0 Å². The van der Waals surface area contributed by atoms with E-state index in [1.807, 2.05) is 18.2 Å². The van der Waals surface area contributed by atoms with Crippen LogP contribution in [0.5, 0.6) is 5.75 Å². The van der Waals surface area contributed by atoms with Crippen molar-refractivity contribution in [2.24, 2.45) is 5.73 Å². The fourth-order valence-electron chi connectivity index (χ4n) is 2.82. The first kappa shape index (κ1) is 19.3. The van der Waals surface area contributed by atoms with Crippen LogP contribution in [0.1, 0.15) is 28.2 Å². The molecule has 3 rings (SSSR count). The molecule has 3 aromatic heterocycles. The van der Waals surface area contributed by atoms with Crippen LogP contribution in [0.3, 0.4) is 0 Å². The van der Waals surface area contributed by atoms with E-state index in [1.165, 1.54) is 0 Å². The van der Waals surface area contributed by atoms with Crippen LogP contribution in [-0.2, 0) is 11.4 Å². The summed E-state index contributed by atoms with van der Waals surface area (Å²) in [5, 5.41) is 16.3. The van der Waals surface area contributed by atoms with Crippen LogP contribution in [-0.4, -0.2) is 44.2 Å². The summed E-state index contributed by atoms with van der Waals surface area (Å²) in [7, 11) is 0. The van der Waals surface area contributed by atoms with Crippen molar-refractivity contribution < 1.29 is 19.4 Å². The molecule has 0 aliphatic heterocycles. The van der Waals surface area contributed by atoms with Crippen molar-refractivity contribution in [2.75, 3.05) is 6.61 Å². The molecule has 0 fully saturated rings. The standard InChI is InChI=1S/C19H21N5O4/c1-12-18(19(27)22-14(10-25)8-17(20)26)16-9-15(5-7-24(16)23-12)28-11-13-4-2-3-6-21-13/h2-7,9,14,25H,8,10-11H2,1H3,(H2,20,26)(H,22,27)/t14-/m0/s1. The van der Waals surface area contributed by atoms with Crippen LogP contribution >= 0.6 is 0 Å². The second-order valence-electron chi connectivity index (χ2n) is 6.29. The first-order chi connectivity index (χ1) is 13.5. The number of aryl methyl sites for hydroxylation is 1. The zero-order chi connectivity index (χ0) is 20.1. The van der Waals surface area contributed by atoms with E-state index in [4.69, 9.17) is 10.5 Å². The van der Waals surface area contributed by atoms with Crippen molar-refractivity contribution in [1.82, 2.24) is 19.9 Å². The molecule has 0 unspecified atom stereocenters. The molecule has 3 aromatic rings. The highest BCUT2D eigenvalue weighted by molar-refractivity contribution is 6.02. The fourth-order valence-corrected chi connectivity index (χ4v) is 2.82. The van der Waals surface area contributed by atoms with Gasteiger partial charge in [0.25, 0.3) is 5.91 Å². The molecule has 1 atom stereocenters. The number of rotatable bonds is 8. The van der Waals surface area contributed by atoms with E-state index in [-0.39, 0.29) is 13.0 Å². The Morgan fingerprint density at radius 1 is 1.36 bits per heavy atom. The summed E-state index contributed by atoms with van der Waals surface area (Å²) in [6.07, 6.45) is 3.23. The molecule has 0 saturated heterocycles. The summed E-state index contributed by atoms with van der Waals surface area (Å²) in [5.41, 5.74) is 7.32. The molecule has 2 amide bonds. The number of fused-ring (bicyclic) bond motifs is 1. The number of hydrogen-bond donors (Lipinski definition) is 3. The lowest BCUT2D eigenvalue weighted by Crippen LogP contribution is -2.40. The van der Waals surface area contributed by atoms with Crippen molar-refractivity contribution in [3.63, 3.8) is 0 Å². The first-order valence-electron chi connectivity index (χ1n) is 8.69. The number of nitrogens with two attached hydrogens (primary N) is 1. The van der Waals surface area contributed by atoms with E-state index in [0.717, 1.165) is 5.69 Å². The van der Waals surface area contributed by atoms with Gasteiger partial charge < -0.3 is 20.9 Å². The maximum atomic E-state index is 12.7. The van der Waals surface area contributed by atoms with E-state index in [1.54, 1.807) is 36.0 Å². The molecule has 0 spiro atoms. The molecule has 4 N–H and O–H groups in total. The molecular formula is C19H21N5O4. The number of amides is 2. The minimum absolute atomic E-state index is 0.154. The summed E-state index contributed by atoms with van der Waals surface area (Å²) < 4.78 is 7.33. The number of aromatic nitrogens is 3. The van der Waals surface area contributed by atoms with Gasteiger partial charge in [-0.3, -0.25) is 14.6 Å². The third kappa shape index (κ3) is 4.44. The number of hydrogen-bond acceptors (Lipinski definition) is 6. The van der Waals surface area contributed by atoms with Gasteiger partial charge in [0, 0.05) is 24.9 Å². The Labute approximate surface area is 161 Å². The van der Waals surface area contributed by atoms with Crippen LogP contribution in [0.2, 0.25) is 0 Å². The van der Waals surface area contributed by atoms with E-state index >= 15 is 0 Å². The Balaban J connectivity index is 1.82. The van der Waals surface area contributed by atoms with Gasteiger partial charge in [0.1, 0.15) is 12.4 Å². The summed E-state index contributed by atoms with van der Waals surface area (Å²) in [4.78, 5) is 28.0. The van der Waals surface area contributed by atoms with Gasteiger partial charge in [-0.1, -0.05) is 6.07 Å². The second kappa shape index (κ2) is 8.49. The molecule has 9 heteroatoms. The van der Waals surface area contributed by atoms with Gasteiger partial charge >= 0.3 is 0 Å². The van der Waals surface area contributed by atoms with Crippen molar-refractivity contribution >= 4 is 17.3 Å². The van der Waals surface area contributed by atoms with Gasteiger partial charge in [-0.2, -0.15) is 5.10 Å². The summed E-state index contributed by atoms with van der Waals surface area (Å²) in [5.74, 6) is -0.501. The lowest BCUT2D eigenvalue weighted by atomic mass is 10.1. The minimum atomic E-state index is -0.761. The molecule has 9 nitrogen and oxygen atoms in total. The Morgan fingerprint density at radius 3 is 2.86 bits per heavy atom. The number of carbonyl (C=O) groups is 2. The number of pyridine rings is 2. The van der Waals surface area contributed by atoms with Gasteiger partial charge in [-0.25, -0.2) is 4.52 Å². The van der Waals surface area contributed by atoms with Gasteiger partial charge in [0.2, 0.25) is 5.91 Å². The maximum absolute atomic E-state index is 12.7. The van der Waals surface area contributed by atoms with Gasteiger partial charge in [-0.05, 0) is 25.1 Å². The number of aliphatic hydroxyl groups is 1. The van der Waals surface area contributed by atoms with Crippen molar-refractivity contribution in [1.29, 1.82) is 0 Å². The predicted molar refractivity (Wildman–Crippen MR) is 101 cm³/mol. The SMILES string of the molecule is Cc1nn2ccc(OCc3ccccn3)cc2c1C(=O)N[C@H](CO)CC(N)=O. The van der Waals surface area contributed by atoms with E-state index in [2.05, 4.69) is 15.4 Å². The normalized spacial score (nSPS) is 11.9. The van der Waals surface area contributed by atoms with Crippen LogP contribution in [0, 0.1) is 6.92 Å². The van der Waals surface area contributed by atoms with Crippen LogP contribution in [0.25, 0.3) is 5.52 Å². The monoisotopic (exact) mass is 383 g/mol. The first-order valence-corrected chi connectivity index (χ1v) is 8.69.